The van der Waals surface area contributed by atoms with Gasteiger partial charge in [0.1, 0.15) is 5.54 Å². The van der Waals surface area contributed by atoms with Crippen LogP contribution in [0.1, 0.15) is 26.7 Å². The Morgan fingerprint density at radius 1 is 1.35 bits per heavy atom. The van der Waals surface area contributed by atoms with Gasteiger partial charge < -0.3 is 10.1 Å². The number of primary sulfonamides is 1. The first kappa shape index (κ1) is 16.5. The molecule has 0 spiro atoms. The Hall–Kier alpha value is -1.60. The molecule has 0 aliphatic heterocycles. The quantitative estimate of drug-likeness (QED) is 0.775. The highest BCUT2D eigenvalue weighted by Crippen LogP contribution is 2.22. The molecule has 0 aliphatic rings. The Morgan fingerprint density at radius 3 is 2.30 bits per heavy atom. The van der Waals surface area contributed by atoms with Crippen LogP contribution in [-0.4, -0.2) is 27.0 Å². The minimum Gasteiger partial charge on any atom is -0.467 e. The van der Waals surface area contributed by atoms with Crippen LogP contribution < -0.4 is 10.5 Å². The Labute approximate surface area is 119 Å². The molecule has 0 bridgehead atoms. The normalized spacial score (nSPS) is 14.4. The lowest BCUT2D eigenvalue weighted by molar-refractivity contribution is -0.145. The molecule has 0 heterocycles. The zero-order valence-electron chi connectivity index (χ0n) is 11.8. The van der Waals surface area contributed by atoms with Crippen LogP contribution in [0.25, 0.3) is 0 Å². The molecule has 0 saturated heterocycles. The number of carbonyl (C=O) groups excluding carboxylic acids is 1. The molecular formula is C13H20N2O4S. The van der Waals surface area contributed by atoms with E-state index in [1.807, 2.05) is 6.92 Å². The van der Waals surface area contributed by atoms with Gasteiger partial charge in [-0.3, -0.25) is 0 Å². The average Bonchev–Trinajstić information content (AvgIpc) is 2.37. The number of nitrogens with two attached hydrogens (primary N) is 1. The highest BCUT2D eigenvalue weighted by Gasteiger charge is 2.33. The van der Waals surface area contributed by atoms with Crippen LogP contribution in [0.4, 0.5) is 5.69 Å². The third-order valence-electron chi connectivity index (χ3n) is 2.99. The number of methoxy groups -OCH3 is 1. The largest absolute Gasteiger partial charge is 0.467 e. The molecular weight excluding hydrogens is 280 g/mol. The van der Waals surface area contributed by atoms with E-state index in [2.05, 4.69) is 5.32 Å². The van der Waals surface area contributed by atoms with E-state index in [4.69, 9.17) is 9.88 Å². The maximum atomic E-state index is 11.9. The monoisotopic (exact) mass is 300 g/mol. The standard InChI is InChI=1S/C13H20N2O4S/c1-4-9-13(2,12(16)19-3)15-10-5-7-11(8-6-10)20(14,17)18/h5-8,15H,4,9H2,1-3H3,(H2,14,17,18). The zero-order valence-corrected chi connectivity index (χ0v) is 12.7. The predicted molar refractivity (Wildman–Crippen MR) is 76.8 cm³/mol. The van der Waals surface area contributed by atoms with Crippen molar-refractivity contribution in [3.05, 3.63) is 24.3 Å². The van der Waals surface area contributed by atoms with Gasteiger partial charge in [0.25, 0.3) is 0 Å². The fourth-order valence-corrected chi connectivity index (χ4v) is 2.50. The van der Waals surface area contributed by atoms with Crippen LogP contribution in [0.5, 0.6) is 0 Å². The SMILES string of the molecule is CCCC(C)(Nc1ccc(S(N)(=O)=O)cc1)C(=O)OC. The van der Waals surface area contributed by atoms with Gasteiger partial charge in [-0.1, -0.05) is 13.3 Å². The summed E-state index contributed by atoms with van der Waals surface area (Å²) >= 11 is 0. The lowest BCUT2D eigenvalue weighted by atomic mass is 9.96. The highest BCUT2D eigenvalue weighted by atomic mass is 32.2. The third-order valence-corrected chi connectivity index (χ3v) is 3.92. The summed E-state index contributed by atoms with van der Waals surface area (Å²) in [7, 11) is -2.38. The van der Waals surface area contributed by atoms with Crippen molar-refractivity contribution in [3.63, 3.8) is 0 Å². The van der Waals surface area contributed by atoms with Crippen LogP contribution in [0, 0.1) is 0 Å². The number of sulfonamides is 1. The molecule has 7 heteroatoms. The molecule has 20 heavy (non-hydrogen) atoms. The minimum atomic E-state index is -3.71. The van der Waals surface area contributed by atoms with Crippen molar-refractivity contribution in [1.82, 2.24) is 0 Å². The van der Waals surface area contributed by atoms with Crippen LogP contribution in [0.3, 0.4) is 0 Å². The first-order valence-corrected chi connectivity index (χ1v) is 7.77. The van der Waals surface area contributed by atoms with Crippen molar-refractivity contribution in [2.75, 3.05) is 12.4 Å². The number of anilines is 1. The Kier molecular flexibility index (Phi) is 5.13. The Bertz CT molecular complexity index is 569. The predicted octanol–water partition coefficient (Wildman–Crippen LogP) is 1.48. The fourth-order valence-electron chi connectivity index (χ4n) is 1.99. The molecule has 0 aliphatic carbocycles. The summed E-state index contributed by atoms with van der Waals surface area (Å²) in [6.07, 6.45) is 1.39. The van der Waals surface area contributed by atoms with Crippen LogP contribution in [0.2, 0.25) is 0 Å². The Balaban J connectivity index is 2.98. The topological polar surface area (TPSA) is 98.5 Å². The molecule has 1 aromatic carbocycles. The van der Waals surface area contributed by atoms with Crippen LogP contribution >= 0.6 is 0 Å². The van der Waals surface area contributed by atoms with Gasteiger partial charge in [0.05, 0.1) is 12.0 Å². The second-order valence-corrected chi connectivity index (χ2v) is 6.33. The Morgan fingerprint density at radius 2 is 1.90 bits per heavy atom. The maximum absolute atomic E-state index is 11.9. The molecule has 0 amide bonds. The molecule has 3 N–H and O–H groups in total. The summed E-state index contributed by atoms with van der Waals surface area (Å²) in [6, 6.07) is 5.91. The summed E-state index contributed by atoms with van der Waals surface area (Å²) in [4.78, 5) is 11.9. The molecule has 112 valence electrons. The molecule has 6 nitrogen and oxygen atoms in total. The lowest BCUT2D eigenvalue weighted by Crippen LogP contribution is -2.44. The molecule has 1 unspecified atom stereocenters. The van der Waals surface area contributed by atoms with Crippen molar-refractivity contribution in [1.29, 1.82) is 0 Å². The van der Waals surface area contributed by atoms with E-state index in [0.717, 1.165) is 6.42 Å². The number of hydrogen-bond acceptors (Lipinski definition) is 5. The van der Waals surface area contributed by atoms with Crippen molar-refractivity contribution in [2.24, 2.45) is 5.14 Å². The molecule has 1 rings (SSSR count). The van der Waals surface area contributed by atoms with E-state index < -0.39 is 15.6 Å². The number of esters is 1. The van der Waals surface area contributed by atoms with Gasteiger partial charge in [0.15, 0.2) is 0 Å². The number of hydrogen-bond donors (Lipinski definition) is 2. The van der Waals surface area contributed by atoms with Gasteiger partial charge in [-0.2, -0.15) is 0 Å². The molecule has 1 atom stereocenters. The van der Waals surface area contributed by atoms with Crippen molar-refractivity contribution >= 4 is 21.7 Å². The van der Waals surface area contributed by atoms with Gasteiger partial charge >= 0.3 is 5.97 Å². The van der Waals surface area contributed by atoms with Gasteiger partial charge in [0.2, 0.25) is 10.0 Å². The summed E-state index contributed by atoms with van der Waals surface area (Å²) in [5, 5.41) is 8.10. The van der Waals surface area contributed by atoms with E-state index in [1.54, 1.807) is 19.1 Å². The summed E-state index contributed by atoms with van der Waals surface area (Å²) in [6.45, 7) is 3.71. The van der Waals surface area contributed by atoms with Crippen molar-refractivity contribution in [3.8, 4) is 0 Å². The average molecular weight is 300 g/mol. The summed E-state index contributed by atoms with van der Waals surface area (Å²) < 4.78 is 27.1. The van der Waals surface area contributed by atoms with E-state index in [9.17, 15) is 13.2 Å². The fraction of sp³-hybridized carbons (Fsp3) is 0.462. The number of nitrogens with one attached hydrogen (secondary N) is 1. The first-order chi connectivity index (χ1) is 9.23. The zero-order chi connectivity index (χ0) is 15.4. The second-order valence-electron chi connectivity index (χ2n) is 4.77. The van der Waals surface area contributed by atoms with Gasteiger partial charge in [-0.25, -0.2) is 18.4 Å². The van der Waals surface area contributed by atoms with Crippen molar-refractivity contribution < 1.29 is 17.9 Å². The number of rotatable bonds is 6. The van der Waals surface area contributed by atoms with Gasteiger partial charge in [0, 0.05) is 5.69 Å². The molecule has 1 aromatic rings. The first-order valence-electron chi connectivity index (χ1n) is 6.22. The summed E-state index contributed by atoms with van der Waals surface area (Å²) in [5.41, 5.74) is -0.231. The molecule has 0 fully saturated rings. The molecule has 0 saturated carbocycles. The van der Waals surface area contributed by atoms with Gasteiger partial charge in [-0.15, -0.1) is 0 Å². The molecule has 0 aromatic heterocycles. The van der Waals surface area contributed by atoms with E-state index in [1.165, 1.54) is 19.2 Å². The number of carbonyl (C=O) groups is 1. The van der Waals surface area contributed by atoms with Gasteiger partial charge in [-0.05, 0) is 37.6 Å². The lowest BCUT2D eigenvalue weighted by Gasteiger charge is -2.28. The van der Waals surface area contributed by atoms with Crippen LogP contribution in [-0.2, 0) is 19.6 Å². The number of ether oxygens (including phenoxy) is 1. The van der Waals surface area contributed by atoms with Crippen LogP contribution in [0.15, 0.2) is 29.2 Å². The second kappa shape index (κ2) is 6.23. The van der Waals surface area contributed by atoms with E-state index in [-0.39, 0.29) is 10.9 Å². The highest BCUT2D eigenvalue weighted by molar-refractivity contribution is 7.89. The minimum absolute atomic E-state index is 0.0262. The van der Waals surface area contributed by atoms with E-state index in [0.29, 0.717) is 12.1 Å². The van der Waals surface area contributed by atoms with E-state index >= 15 is 0 Å². The third kappa shape index (κ3) is 3.94. The smallest absolute Gasteiger partial charge is 0.331 e. The number of benzene rings is 1. The maximum Gasteiger partial charge on any atom is 0.331 e. The van der Waals surface area contributed by atoms with Crippen molar-refractivity contribution in [2.45, 2.75) is 37.1 Å². The summed E-state index contributed by atoms with van der Waals surface area (Å²) in [5.74, 6) is -0.366. The molecule has 0 radical (unpaired) electrons.